The summed E-state index contributed by atoms with van der Waals surface area (Å²) in [4.78, 5) is 40.9. The molecular weight excluding hydrogens is 490 g/mol. The molecule has 4 aliphatic carbocycles. The van der Waals surface area contributed by atoms with Crippen molar-refractivity contribution in [3.05, 3.63) is 11.6 Å². The molecule has 4 fully saturated rings. The van der Waals surface area contributed by atoms with Crippen LogP contribution < -0.4 is 0 Å². The van der Waals surface area contributed by atoms with Crippen LogP contribution in [0.25, 0.3) is 0 Å². The molecule has 0 radical (unpaired) electrons. The number of epoxide rings is 1. The van der Waals surface area contributed by atoms with Gasteiger partial charge in [-0.3, -0.25) is 14.4 Å². The third kappa shape index (κ3) is 3.50. The number of ether oxygens (including phenoxy) is 2. The van der Waals surface area contributed by atoms with Crippen LogP contribution in [-0.2, 0) is 23.9 Å². The van der Waals surface area contributed by atoms with Crippen molar-refractivity contribution in [2.45, 2.75) is 118 Å². The first kappa shape index (κ1) is 28.5. The molecule has 5 aliphatic rings. The van der Waals surface area contributed by atoms with Crippen molar-refractivity contribution in [3.63, 3.8) is 0 Å². The number of hydrogen-bond donors (Lipinski definition) is 0. The maximum absolute atomic E-state index is 14.2. The van der Waals surface area contributed by atoms with Crippen LogP contribution in [0, 0.1) is 55.7 Å². The predicted octanol–water partition coefficient (Wildman–Crippen LogP) is 6.37. The van der Waals surface area contributed by atoms with E-state index in [1.807, 2.05) is 26.8 Å². The number of rotatable bonds is 1. The van der Waals surface area contributed by atoms with E-state index in [2.05, 4.69) is 40.7 Å². The lowest BCUT2D eigenvalue weighted by Crippen LogP contribution is -2.64. The molecule has 6 heteroatoms. The van der Waals surface area contributed by atoms with Crippen molar-refractivity contribution < 1.29 is 23.9 Å². The Bertz CT molecular complexity index is 1210. The van der Waals surface area contributed by atoms with E-state index in [-0.39, 0.29) is 45.6 Å². The second kappa shape index (κ2) is 8.28. The van der Waals surface area contributed by atoms with E-state index < -0.39 is 27.9 Å². The molecule has 8 atom stereocenters. The Balaban J connectivity index is 1.66. The zero-order chi connectivity index (χ0) is 29.0. The van der Waals surface area contributed by atoms with E-state index in [9.17, 15) is 19.6 Å². The van der Waals surface area contributed by atoms with Gasteiger partial charge in [-0.1, -0.05) is 54.0 Å². The zero-order valence-corrected chi connectivity index (χ0v) is 25.5. The van der Waals surface area contributed by atoms with Crippen LogP contribution in [0.15, 0.2) is 11.6 Å². The number of carbonyl (C=O) groups excluding carboxylic acids is 3. The van der Waals surface area contributed by atoms with Gasteiger partial charge in [0.1, 0.15) is 12.2 Å². The summed E-state index contributed by atoms with van der Waals surface area (Å²) in [7, 11) is 1.47. The first-order chi connectivity index (χ1) is 17.9. The minimum Gasteiger partial charge on any atom is -0.469 e. The Morgan fingerprint density at radius 1 is 0.949 bits per heavy atom. The first-order valence-corrected chi connectivity index (χ1v) is 14.9. The highest BCUT2D eigenvalue weighted by molar-refractivity contribution is 6.01. The van der Waals surface area contributed by atoms with Crippen LogP contribution in [0.1, 0.15) is 107 Å². The van der Waals surface area contributed by atoms with Gasteiger partial charge in [0.05, 0.1) is 12.5 Å². The molecule has 0 aromatic carbocycles. The number of ketones is 2. The van der Waals surface area contributed by atoms with Gasteiger partial charge in [0.2, 0.25) is 5.60 Å². The molecule has 1 aliphatic heterocycles. The van der Waals surface area contributed by atoms with Crippen molar-refractivity contribution in [2.75, 3.05) is 7.11 Å². The molecule has 1 heterocycles. The fraction of sp³-hybridized carbons (Fsp3) is 0.818. The van der Waals surface area contributed by atoms with Crippen LogP contribution in [0.3, 0.4) is 0 Å². The van der Waals surface area contributed by atoms with Gasteiger partial charge in [0, 0.05) is 16.7 Å². The summed E-state index contributed by atoms with van der Waals surface area (Å²) in [5.74, 6) is -0.297. The highest BCUT2D eigenvalue weighted by Crippen LogP contribution is 2.75. The highest BCUT2D eigenvalue weighted by Gasteiger charge is 2.82. The van der Waals surface area contributed by atoms with Gasteiger partial charge in [-0.2, -0.15) is 5.26 Å². The summed E-state index contributed by atoms with van der Waals surface area (Å²) in [6, 6.07) is 2.24. The number of hydrogen-bond acceptors (Lipinski definition) is 6. The summed E-state index contributed by atoms with van der Waals surface area (Å²) >= 11 is 0. The van der Waals surface area contributed by atoms with Crippen molar-refractivity contribution in [2.24, 2.45) is 44.3 Å². The Labute approximate surface area is 234 Å². The van der Waals surface area contributed by atoms with E-state index in [4.69, 9.17) is 9.47 Å². The molecule has 1 unspecified atom stereocenters. The summed E-state index contributed by atoms with van der Waals surface area (Å²) in [6.45, 7) is 17.2. The second-order valence-corrected chi connectivity index (χ2v) is 15.8. The minimum absolute atomic E-state index is 0.00432. The number of allylic oxidation sites excluding steroid dienone is 1. The maximum Gasteiger partial charge on any atom is 0.311 e. The van der Waals surface area contributed by atoms with Crippen LogP contribution >= 0.6 is 0 Å². The number of esters is 1. The topological polar surface area (TPSA) is 96.8 Å². The average molecular weight is 538 g/mol. The second-order valence-electron chi connectivity index (χ2n) is 15.8. The number of methoxy groups -OCH3 is 1. The van der Waals surface area contributed by atoms with E-state index in [0.29, 0.717) is 6.42 Å². The highest BCUT2D eigenvalue weighted by atomic mass is 16.6. The number of carbonyl (C=O) groups is 3. The molecule has 5 rings (SSSR count). The summed E-state index contributed by atoms with van der Waals surface area (Å²) in [6.07, 6.45) is 7.88. The molecule has 39 heavy (non-hydrogen) atoms. The Morgan fingerprint density at radius 3 is 2.21 bits per heavy atom. The smallest absolute Gasteiger partial charge is 0.311 e. The molecule has 0 aromatic rings. The van der Waals surface area contributed by atoms with E-state index >= 15 is 0 Å². The van der Waals surface area contributed by atoms with Crippen molar-refractivity contribution >= 4 is 17.5 Å². The van der Waals surface area contributed by atoms with Gasteiger partial charge >= 0.3 is 5.97 Å². The lowest BCUT2D eigenvalue weighted by molar-refractivity contribution is -0.156. The van der Waals surface area contributed by atoms with Gasteiger partial charge in [0.15, 0.2) is 11.6 Å². The predicted molar refractivity (Wildman–Crippen MR) is 147 cm³/mol. The Hall–Kier alpha value is -2.00. The molecule has 0 bridgehead atoms. The Morgan fingerprint density at radius 2 is 1.59 bits per heavy atom. The molecule has 6 nitrogen and oxygen atoms in total. The molecule has 0 aromatic heterocycles. The fourth-order valence-electron chi connectivity index (χ4n) is 9.87. The normalized spacial score (nSPS) is 48.2. The van der Waals surface area contributed by atoms with E-state index in [1.165, 1.54) is 7.11 Å². The maximum atomic E-state index is 14.2. The van der Waals surface area contributed by atoms with Crippen molar-refractivity contribution in [3.8, 4) is 6.07 Å². The molecule has 3 saturated carbocycles. The summed E-state index contributed by atoms with van der Waals surface area (Å²) in [5, 5.41) is 10.1. The lowest BCUT2D eigenvalue weighted by atomic mass is 9.37. The molecule has 0 spiro atoms. The average Bonchev–Trinajstić information content (AvgIpc) is 3.63. The number of fused-ring (bicyclic) bond motifs is 7. The van der Waals surface area contributed by atoms with Crippen LogP contribution in [0.4, 0.5) is 0 Å². The number of nitriles is 1. The zero-order valence-electron chi connectivity index (χ0n) is 25.5. The minimum atomic E-state index is -1.42. The fourth-order valence-corrected chi connectivity index (χ4v) is 9.87. The largest absolute Gasteiger partial charge is 0.469 e. The van der Waals surface area contributed by atoms with Gasteiger partial charge in [-0.15, -0.1) is 0 Å². The van der Waals surface area contributed by atoms with Crippen molar-refractivity contribution in [1.82, 2.24) is 0 Å². The number of nitrogens with zero attached hydrogens (tertiary/aromatic N) is 1. The van der Waals surface area contributed by atoms with Crippen molar-refractivity contribution in [1.29, 1.82) is 5.26 Å². The molecule has 0 amide bonds. The quantitative estimate of drug-likeness (QED) is 0.285. The lowest BCUT2D eigenvalue weighted by Gasteiger charge is -2.65. The number of Topliss-reactive ketones (excluding diaryl/α,β-unsaturated/α-hetero) is 1. The SMILES string of the molecule is COC(=O)[C@@]1(C)CCC(C)(C)CCC2C(=O)C=C3[C@@]4(C)[C@H]5O[C@@]5(C#N)C(=O)C(C)(C)[C@@H]4CC[C@@]3(C)[C@]2(C)CC1. The third-order valence-corrected chi connectivity index (χ3v) is 12.9. The Kier molecular flexibility index (Phi) is 6.05. The molecule has 1 saturated heterocycles. The standard InChI is InChI=1S/C33H47NO5/c1-27(2)12-10-20-21(35)18-23-31(7,30(20,6)17-16-29(5,15-14-27)26(37)38-9)13-11-22-28(3,4)24(36)33(19-34)25(39-33)32(22,23)8/h18,20,22,25H,10-17H2,1-9H3/t20?,22-,25+,29-,30+,31+,32-,33-/m0/s1. The van der Waals surface area contributed by atoms with Crippen LogP contribution in [0.5, 0.6) is 0 Å². The molecule has 0 N–H and O–H groups in total. The van der Waals surface area contributed by atoms with Gasteiger partial charge in [-0.25, -0.2) is 0 Å². The molecular formula is C33H47NO5. The van der Waals surface area contributed by atoms with Crippen LogP contribution in [-0.4, -0.2) is 36.4 Å². The van der Waals surface area contributed by atoms with Gasteiger partial charge < -0.3 is 9.47 Å². The van der Waals surface area contributed by atoms with E-state index in [1.54, 1.807) is 0 Å². The van der Waals surface area contributed by atoms with Crippen LogP contribution in [0.2, 0.25) is 0 Å². The van der Waals surface area contributed by atoms with Gasteiger partial charge in [0.25, 0.3) is 0 Å². The third-order valence-electron chi connectivity index (χ3n) is 12.9. The van der Waals surface area contributed by atoms with E-state index in [0.717, 1.165) is 50.5 Å². The molecule has 214 valence electrons. The summed E-state index contributed by atoms with van der Waals surface area (Å²) < 4.78 is 11.4. The monoisotopic (exact) mass is 537 g/mol. The van der Waals surface area contributed by atoms with Gasteiger partial charge in [-0.05, 0) is 86.5 Å². The summed E-state index contributed by atoms with van der Waals surface area (Å²) in [5.41, 5.74) is -3.01. The first-order valence-electron chi connectivity index (χ1n) is 14.9.